The number of hydrogen-bond donors (Lipinski definition) is 0. The van der Waals surface area contributed by atoms with Crippen LogP contribution < -0.4 is 5.01 Å². The predicted octanol–water partition coefficient (Wildman–Crippen LogP) is 3.47. The summed E-state index contributed by atoms with van der Waals surface area (Å²) in [6.07, 6.45) is 5.73. The molecule has 122 valence electrons. The Bertz CT molecular complexity index is 972. The fourth-order valence-corrected chi connectivity index (χ4v) is 3.72. The van der Waals surface area contributed by atoms with E-state index in [0.717, 1.165) is 28.3 Å². The number of aryl methyl sites for hydroxylation is 1. The minimum absolute atomic E-state index is 0.0264. The third-order valence-corrected chi connectivity index (χ3v) is 5.08. The molecule has 7 heteroatoms. The first-order valence-electron chi connectivity index (χ1n) is 7.79. The minimum atomic E-state index is -0.0264. The van der Waals surface area contributed by atoms with Crippen molar-refractivity contribution in [2.45, 2.75) is 19.4 Å². The molecule has 1 aliphatic heterocycles. The SMILES string of the molecule is Cc1ncsc1C1=NN(c2cnccn2)C(c2cccc(C#N)c2)C1. The highest BCUT2D eigenvalue weighted by atomic mass is 32.1. The van der Waals surface area contributed by atoms with E-state index in [0.29, 0.717) is 11.4 Å². The Morgan fingerprint density at radius 2 is 2.20 bits per heavy atom. The van der Waals surface area contributed by atoms with Gasteiger partial charge < -0.3 is 0 Å². The third-order valence-electron chi connectivity index (χ3n) is 4.10. The molecule has 0 amide bonds. The van der Waals surface area contributed by atoms with Crippen LogP contribution in [0.4, 0.5) is 5.82 Å². The standard InChI is InChI=1S/C18H14N6S/c1-12-18(25-11-22-12)15-8-16(14-4-2-3-13(7-14)9-19)24(23-15)17-10-20-5-6-21-17/h2-7,10-11,16H,8H2,1H3. The van der Waals surface area contributed by atoms with Gasteiger partial charge >= 0.3 is 0 Å². The van der Waals surface area contributed by atoms with Crippen molar-refractivity contribution in [3.8, 4) is 6.07 Å². The second kappa shape index (κ2) is 6.42. The molecular formula is C18H14N6S. The molecule has 1 atom stereocenters. The van der Waals surface area contributed by atoms with Crippen molar-refractivity contribution in [3.05, 3.63) is 70.1 Å². The van der Waals surface area contributed by atoms with Gasteiger partial charge in [0.2, 0.25) is 0 Å². The molecule has 0 saturated carbocycles. The van der Waals surface area contributed by atoms with Crippen LogP contribution in [0.15, 0.2) is 53.5 Å². The number of hydrogen-bond acceptors (Lipinski definition) is 7. The number of hydrazone groups is 1. The van der Waals surface area contributed by atoms with Gasteiger partial charge in [0.25, 0.3) is 0 Å². The number of nitrogens with zero attached hydrogens (tertiary/aromatic N) is 6. The van der Waals surface area contributed by atoms with Crippen LogP contribution in [0.2, 0.25) is 0 Å². The van der Waals surface area contributed by atoms with Crippen LogP contribution in [0.3, 0.4) is 0 Å². The average Bonchev–Trinajstić information content (AvgIpc) is 3.28. The van der Waals surface area contributed by atoms with Crippen molar-refractivity contribution < 1.29 is 0 Å². The van der Waals surface area contributed by atoms with E-state index in [-0.39, 0.29) is 6.04 Å². The highest BCUT2D eigenvalue weighted by Crippen LogP contribution is 2.36. The molecule has 1 aromatic carbocycles. The van der Waals surface area contributed by atoms with E-state index in [4.69, 9.17) is 5.10 Å². The molecule has 25 heavy (non-hydrogen) atoms. The lowest BCUT2D eigenvalue weighted by molar-refractivity contribution is 0.696. The van der Waals surface area contributed by atoms with Gasteiger partial charge in [-0.1, -0.05) is 12.1 Å². The maximum atomic E-state index is 9.21. The van der Waals surface area contributed by atoms with E-state index in [1.54, 1.807) is 36.0 Å². The molecule has 6 nitrogen and oxygen atoms in total. The van der Waals surface area contributed by atoms with Gasteiger partial charge in [-0.2, -0.15) is 10.4 Å². The number of nitriles is 1. The van der Waals surface area contributed by atoms with Gasteiger partial charge in [-0.05, 0) is 24.6 Å². The summed E-state index contributed by atoms with van der Waals surface area (Å²) in [5.41, 5.74) is 5.47. The molecule has 0 fully saturated rings. The predicted molar refractivity (Wildman–Crippen MR) is 96.4 cm³/mol. The highest BCUT2D eigenvalue weighted by molar-refractivity contribution is 7.12. The van der Waals surface area contributed by atoms with Crippen LogP contribution in [-0.4, -0.2) is 20.7 Å². The summed E-state index contributed by atoms with van der Waals surface area (Å²) in [5.74, 6) is 0.687. The molecule has 0 saturated heterocycles. The van der Waals surface area contributed by atoms with Gasteiger partial charge in [-0.25, -0.2) is 15.0 Å². The summed E-state index contributed by atoms with van der Waals surface area (Å²) in [4.78, 5) is 14.0. The lowest BCUT2D eigenvalue weighted by Crippen LogP contribution is -2.19. The van der Waals surface area contributed by atoms with Gasteiger partial charge in [-0.3, -0.25) is 4.98 Å². The molecule has 4 rings (SSSR count). The topological polar surface area (TPSA) is 78.1 Å². The lowest BCUT2D eigenvalue weighted by atomic mass is 9.99. The number of anilines is 1. The van der Waals surface area contributed by atoms with Crippen molar-refractivity contribution >= 4 is 22.9 Å². The summed E-state index contributed by atoms with van der Waals surface area (Å²) < 4.78 is 0. The molecule has 1 aliphatic rings. The summed E-state index contributed by atoms with van der Waals surface area (Å²) in [6.45, 7) is 1.99. The van der Waals surface area contributed by atoms with E-state index in [1.807, 2.05) is 35.6 Å². The summed E-state index contributed by atoms with van der Waals surface area (Å²) in [5, 5.41) is 15.9. The maximum absolute atomic E-state index is 9.21. The number of rotatable bonds is 3. The molecule has 0 radical (unpaired) electrons. The van der Waals surface area contributed by atoms with Crippen LogP contribution >= 0.6 is 11.3 Å². The number of benzene rings is 1. The largest absolute Gasteiger partial charge is 0.259 e. The van der Waals surface area contributed by atoms with Gasteiger partial charge in [0.15, 0.2) is 5.82 Å². The molecule has 2 aromatic heterocycles. The summed E-state index contributed by atoms with van der Waals surface area (Å²) in [6, 6.07) is 9.81. The molecule has 0 bridgehead atoms. The zero-order valence-electron chi connectivity index (χ0n) is 13.5. The quantitative estimate of drug-likeness (QED) is 0.725. The third kappa shape index (κ3) is 2.88. The normalized spacial score (nSPS) is 16.6. The Morgan fingerprint density at radius 3 is 2.92 bits per heavy atom. The fourth-order valence-electron chi connectivity index (χ4n) is 2.92. The average molecular weight is 346 g/mol. The minimum Gasteiger partial charge on any atom is -0.259 e. The lowest BCUT2D eigenvalue weighted by Gasteiger charge is -2.22. The molecule has 1 unspecified atom stereocenters. The number of aromatic nitrogens is 3. The number of thiazole rings is 1. The Labute approximate surface area is 149 Å². The zero-order valence-corrected chi connectivity index (χ0v) is 14.3. The molecule has 0 spiro atoms. The first kappa shape index (κ1) is 15.4. The van der Waals surface area contributed by atoms with E-state index < -0.39 is 0 Å². The van der Waals surface area contributed by atoms with E-state index in [9.17, 15) is 5.26 Å². The van der Waals surface area contributed by atoms with Crippen LogP contribution in [-0.2, 0) is 0 Å². The van der Waals surface area contributed by atoms with Gasteiger partial charge in [0, 0.05) is 18.8 Å². The van der Waals surface area contributed by atoms with E-state index in [1.165, 1.54) is 0 Å². The summed E-state index contributed by atoms with van der Waals surface area (Å²) in [7, 11) is 0. The van der Waals surface area contributed by atoms with Gasteiger partial charge in [-0.15, -0.1) is 11.3 Å². The maximum Gasteiger partial charge on any atom is 0.168 e. The molecule has 3 aromatic rings. The second-order valence-electron chi connectivity index (χ2n) is 5.68. The van der Waals surface area contributed by atoms with Crippen LogP contribution in [0, 0.1) is 18.3 Å². The van der Waals surface area contributed by atoms with Crippen molar-refractivity contribution in [2.75, 3.05) is 5.01 Å². The van der Waals surface area contributed by atoms with Crippen molar-refractivity contribution in [1.82, 2.24) is 15.0 Å². The van der Waals surface area contributed by atoms with Crippen LogP contribution in [0.25, 0.3) is 0 Å². The monoisotopic (exact) mass is 346 g/mol. The van der Waals surface area contributed by atoms with Crippen molar-refractivity contribution in [2.24, 2.45) is 5.10 Å². The summed E-state index contributed by atoms with van der Waals surface area (Å²) >= 11 is 1.59. The first-order chi connectivity index (χ1) is 12.3. The van der Waals surface area contributed by atoms with Gasteiger partial charge in [0.1, 0.15) is 0 Å². The molecule has 0 N–H and O–H groups in total. The van der Waals surface area contributed by atoms with Crippen LogP contribution in [0.1, 0.15) is 34.2 Å². The zero-order chi connectivity index (χ0) is 17.2. The molecule has 0 aliphatic carbocycles. The van der Waals surface area contributed by atoms with Crippen LogP contribution in [0.5, 0.6) is 0 Å². The van der Waals surface area contributed by atoms with E-state index in [2.05, 4.69) is 21.0 Å². The smallest absolute Gasteiger partial charge is 0.168 e. The van der Waals surface area contributed by atoms with Crippen molar-refractivity contribution in [1.29, 1.82) is 5.26 Å². The van der Waals surface area contributed by atoms with Gasteiger partial charge in [0.05, 0.1) is 45.7 Å². The first-order valence-corrected chi connectivity index (χ1v) is 8.67. The highest BCUT2D eigenvalue weighted by Gasteiger charge is 2.32. The molecular weight excluding hydrogens is 332 g/mol. The van der Waals surface area contributed by atoms with E-state index >= 15 is 0 Å². The fraction of sp³-hybridized carbons (Fsp3) is 0.167. The Kier molecular flexibility index (Phi) is 3.96. The Morgan fingerprint density at radius 1 is 1.28 bits per heavy atom. The Hall–Kier alpha value is -3.11. The Balaban J connectivity index is 1.78. The van der Waals surface area contributed by atoms with Crippen molar-refractivity contribution in [3.63, 3.8) is 0 Å². The molecule has 3 heterocycles. The second-order valence-corrected chi connectivity index (χ2v) is 6.53.